The van der Waals surface area contributed by atoms with E-state index in [4.69, 9.17) is 14.6 Å². The largest absolute Gasteiger partial charge is 0.493 e. The number of carbonyl (C=O) groups excluding carboxylic acids is 1. The van der Waals surface area contributed by atoms with Gasteiger partial charge in [-0.1, -0.05) is 6.07 Å². The van der Waals surface area contributed by atoms with Crippen LogP contribution in [0.15, 0.2) is 18.2 Å². The van der Waals surface area contributed by atoms with E-state index in [2.05, 4.69) is 5.32 Å². The maximum atomic E-state index is 11.6. The first-order chi connectivity index (χ1) is 8.56. The molecule has 1 aromatic rings. The average Bonchev–Trinajstić information content (AvgIpc) is 2.36. The molecule has 0 bridgehead atoms. The number of rotatable bonds is 6. The van der Waals surface area contributed by atoms with E-state index in [1.54, 1.807) is 33.3 Å². The van der Waals surface area contributed by atoms with Gasteiger partial charge in [0.15, 0.2) is 11.5 Å². The number of hydrogen-bond acceptors (Lipinski definition) is 4. The van der Waals surface area contributed by atoms with Gasteiger partial charge in [0.25, 0.3) is 0 Å². The molecule has 0 aromatic heterocycles. The Bertz CT molecular complexity index is 404. The number of ether oxygens (including phenoxy) is 2. The monoisotopic (exact) mass is 253 g/mol. The highest BCUT2D eigenvalue weighted by molar-refractivity contribution is 5.78. The van der Waals surface area contributed by atoms with E-state index in [9.17, 15) is 4.79 Å². The van der Waals surface area contributed by atoms with Crippen LogP contribution in [0, 0.1) is 0 Å². The van der Waals surface area contributed by atoms with Gasteiger partial charge in [0.05, 0.1) is 26.7 Å². The quantitative estimate of drug-likeness (QED) is 0.785. The van der Waals surface area contributed by atoms with Gasteiger partial charge in [0.2, 0.25) is 5.91 Å². The van der Waals surface area contributed by atoms with E-state index >= 15 is 0 Å². The van der Waals surface area contributed by atoms with Gasteiger partial charge < -0.3 is 19.9 Å². The molecule has 0 aliphatic rings. The summed E-state index contributed by atoms with van der Waals surface area (Å²) >= 11 is 0. The third-order valence-corrected chi connectivity index (χ3v) is 2.41. The molecule has 0 saturated heterocycles. The summed E-state index contributed by atoms with van der Waals surface area (Å²) in [6.45, 7) is 1.88. The number of methoxy groups -OCH3 is 2. The van der Waals surface area contributed by atoms with Crippen molar-refractivity contribution in [2.75, 3.05) is 20.8 Å². The molecular weight excluding hydrogens is 234 g/mol. The Labute approximate surface area is 107 Å². The van der Waals surface area contributed by atoms with E-state index in [0.717, 1.165) is 5.56 Å². The Morgan fingerprint density at radius 2 is 2.00 bits per heavy atom. The second kappa shape index (κ2) is 6.86. The van der Waals surface area contributed by atoms with Crippen molar-refractivity contribution in [1.82, 2.24) is 5.32 Å². The van der Waals surface area contributed by atoms with Crippen molar-refractivity contribution in [1.29, 1.82) is 0 Å². The molecule has 0 aliphatic heterocycles. The summed E-state index contributed by atoms with van der Waals surface area (Å²) < 4.78 is 10.3. The predicted molar refractivity (Wildman–Crippen MR) is 67.9 cm³/mol. The van der Waals surface area contributed by atoms with Crippen molar-refractivity contribution in [2.24, 2.45) is 0 Å². The highest BCUT2D eigenvalue weighted by atomic mass is 16.5. The molecule has 0 fully saturated rings. The first kappa shape index (κ1) is 14.3. The number of amides is 1. The molecule has 0 heterocycles. The highest BCUT2D eigenvalue weighted by Crippen LogP contribution is 2.27. The molecule has 1 unspecified atom stereocenters. The fourth-order valence-electron chi connectivity index (χ4n) is 1.50. The molecular formula is C13H19NO4. The molecule has 1 rings (SSSR count). The van der Waals surface area contributed by atoms with E-state index < -0.39 is 6.10 Å². The van der Waals surface area contributed by atoms with Crippen LogP contribution in [0.1, 0.15) is 12.5 Å². The minimum atomic E-state index is -0.542. The zero-order valence-electron chi connectivity index (χ0n) is 10.9. The predicted octanol–water partition coefficient (Wildman–Crippen LogP) is 0.743. The Hall–Kier alpha value is -1.75. The number of benzene rings is 1. The zero-order valence-corrected chi connectivity index (χ0v) is 10.9. The second-order valence-corrected chi connectivity index (χ2v) is 4.02. The van der Waals surface area contributed by atoms with Crippen LogP contribution >= 0.6 is 0 Å². The fraction of sp³-hybridized carbons (Fsp3) is 0.462. The molecule has 1 atom stereocenters. The number of aliphatic hydroxyl groups is 1. The minimum Gasteiger partial charge on any atom is -0.493 e. The van der Waals surface area contributed by atoms with Gasteiger partial charge in [-0.2, -0.15) is 0 Å². The lowest BCUT2D eigenvalue weighted by Gasteiger charge is -2.10. The number of carbonyl (C=O) groups is 1. The number of hydrogen-bond donors (Lipinski definition) is 2. The molecule has 0 saturated carbocycles. The second-order valence-electron chi connectivity index (χ2n) is 4.02. The Kier molecular flexibility index (Phi) is 5.45. The van der Waals surface area contributed by atoms with E-state index in [1.807, 2.05) is 6.07 Å². The molecule has 1 aromatic carbocycles. The molecule has 5 heteroatoms. The summed E-state index contributed by atoms with van der Waals surface area (Å²) in [5.41, 5.74) is 0.829. The van der Waals surface area contributed by atoms with E-state index in [1.165, 1.54) is 0 Å². The van der Waals surface area contributed by atoms with Crippen LogP contribution in [0.3, 0.4) is 0 Å². The van der Waals surface area contributed by atoms with E-state index in [0.29, 0.717) is 11.5 Å². The molecule has 0 radical (unpaired) electrons. The van der Waals surface area contributed by atoms with Crippen molar-refractivity contribution in [3.63, 3.8) is 0 Å². The topological polar surface area (TPSA) is 67.8 Å². The van der Waals surface area contributed by atoms with Crippen LogP contribution in [0.2, 0.25) is 0 Å². The molecule has 100 valence electrons. The summed E-state index contributed by atoms with van der Waals surface area (Å²) in [4.78, 5) is 11.6. The third-order valence-electron chi connectivity index (χ3n) is 2.41. The lowest BCUT2D eigenvalue weighted by molar-refractivity contribution is -0.120. The van der Waals surface area contributed by atoms with Gasteiger partial charge in [-0.05, 0) is 24.6 Å². The Balaban J connectivity index is 2.64. The Morgan fingerprint density at radius 1 is 1.33 bits per heavy atom. The minimum absolute atomic E-state index is 0.136. The van der Waals surface area contributed by atoms with Crippen LogP contribution < -0.4 is 14.8 Å². The van der Waals surface area contributed by atoms with Gasteiger partial charge in [-0.25, -0.2) is 0 Å². The van der Waals surface area contributed by atoms with Crippen molar-refractivity contribution in [3.8, 4) is 11.5 Å². The lowest BCUT2D eigenvalue weighted by atomic mass is 10.1. The van der Waals surface area contributed by atoms with Crippen molar-refractivity contribution < 1.29 is 19.4 Å². The molecule has 0 aliphatic carbocycles. The molecule has 0 spiro atoms. The van der Waals surface area contributed by atoms with Crippen molar-refractivity contribution in [2.45, 2.75) is 19.4 Å². The molecule has 5 nitrogen and oxygen atoms in total. The standard InChI is InChI=1S/C13H19NO4/c1-9(15)8-14-13(16)7-10-4-5-11(17-2)12(6-10)18-3/h4-6,9,15H,7-8H2,1-3H3,(H,14,16). The van der Waals surface area contributed by atoms with Crippen molar-refractivity contribution in [3.05, 3.63) is 23.8 Å². The first-order valence-electron chi connectivity index (χ1n) is 5.72. The number of nitrogens with one attached hydrogen (secondary N) is 1. The lowest BCUT2D eigenvalue weighted by Crippen LogP contribution is -2.31. The van der Waals surface area contributed by atoms with Gasteiger partial charge >= 0.3 is 0 Å². The summed E-state index contributed by atoms with van der Waals surface area (Å²) in [6, 6.07) is 5.33. The van der Waals surface area contributed by atoms with Gasteiger partial charge in [0.1, 0.15) is 0 Å². The zero-order chi connectivity index (χ0) is 13.5. The smallest absolute Gasteiger partial charge is 0.224 e. The number of aliphatic hydroxyl groups excluding tert-OH is 1. The fourth-order valence-corrected chi connectivity index (χ4v) is 1.50. The third kappa shape index (κ3) is 4.25. The van der Waals surface area contributed by atoms with Crippen LogP contribution in [0.25, 0.3) is 0 Å². The van der Waals surface area contributed by atoms with Crippen molar-refractivity contribution >= 4 is 5.91 Å². The van der Waals surface area contributed by atoms with E-state index in [-0.39, 0.29) is 18.9 Å². The van der Waals surface area contributed by atoms with Gasteiger partial charge in [-0.15, -0.1) is 0 Å². The highest BCUT2D eigenvalue weighted by Gasteiger charge is 2.08. The van der Waals surface area contributed by atoms with Crippen LogP contribution in [0.5, 0.6) is 11.5 Å². The summed E-state index contributed by atoms with van der Waals surface area (Å²) in [5, 5.41) is 11.7. The van der Waals surface area contributed by atoms with Gasteiger partial charge in [-0.3, -0.25) is 4.79 Å². The van der Waals surface area contributed by atoms with Crippen LogP contribution in [-0.4, -0.2) is 37.9 Å². The molecule has 2 N–H and O–H groups in total. The normalized spacial score (nSPS) is 11.8. The molecule has 1 amide bonds. The molecule has 18 heavy (non-hydrogen) atoms. The van der Waals surface area contributed by atoms with Crippen LogP contribution in [0.4, 0.5) is 0 Å². The van der Waals surface area contributed by atoms with Crippen LogP contribution in [-0.2, 0) is 11.2 Å². The Morgan fingerprint density at radius 3 is 2.56 bits per heavy atom. The maximum Gasteiger partial charge on any atom is 0.224 e. The average molecular weight is 253 g/mol. The van der Waals surface area contributed by atoms with Gasteiger partial charge in [0, 0.05) is 6.54 Å². The summed E-state index contributed by atoms with van der Waals surface area (Å²) in [5.74, 6) is 1.09. The SMILES string of the molecule is COc1ccc(CC(=O)NCC(C)O)cc1OC. The summed E-state index contributed by atoms with van der Waals surface area (Å²) in [7, 11) is 3.11. The first-order valence-corrected chi connectivity index (χ1v) is 5.72. The maximum absolute atomic E-state index is 11.6. The summed E-state index contributed by atoms with van der Waals surface area (Å²) in [6.07, 6.45) is -0.299.